The van der Waals surface area contributed by atoms with E-state index in [-0.39, 0.29) is 17.6 Å². The first-order valence-corrected chi connectivity index (χ1v) is 10.9. The van der Waals surface area contributed by atoms with Crippen LogP contribution in [0.25, 0.3) is 11.0 Å². The van der Waals surface area contributed by atoms with E-state index < -0.39 is 0 Å². The first-order chi connectivity index (χ1) is 14.9. The minimum atomic E-state index is -0.374. The van der Waals surface area contributed by atoms with Crippen molar-refractivity contribution in [3.05, 3.63) is 98.0 Å². The Labute approximate surface area is 184 Å². The molecule has 4 aromatic rings. The van der Waals surface area contributed by atoms with Crippen molar-refractivity contribution in [2.75, 3.05) is 7.05 Å². The number of thiophene rings is 1. The third kappa shape index (κ3) is 4.54. The van der Waals surface area contributed by atoms with Crippen molar-refractivity contribution in [1.82, 2.24) is 4.90 Å². The van der Waals surface area contributed by atoms with Crippen LogP contribution in [0.4, 0.5) is 0 Å². The van der Waals surface area contributed by atoms with Crippen LogP contribution in [-0.2, 0) is 6.61 Å². The van der Waals surface area contributed by atoms with Gasteiger partial charge in [-0.3, -0.25) is 4.79 Å². The number of ether oxygens (including phenoxy) is 1. The number of carbonyl (C=O) groups is 1. The molecule has 6 heteroatoms. The Bertz CT molecular complexity index is 1260. The minimum absolute atomic E-state index is 0.0201. The van der Waals surface area contributed by atoms with Crippen LogP contribution in [0.15, 0.2) is 75.3 Å². The number of amides is 1. The zero-order chi connectivity index (χ0) is 22.0. The van der Waals surface area contributed by atoms with Crippen LogP contribution in [0.5, 0.6) is 5.75 Å². The van der Waals surface area contributed by atoms with Crippen LogP contribution in [0.1, 0.15) is 39.3 Å². The quantitative estimate of drug-likeness (QED) is 0.373. The predicted octanol–water partition coefficient (Wildman–Crippen LogP) is 5.58. The van der Waals surface area contributed by atoms with E-state index in [4.69, 9.17) is 9.15 Å². The maximum Gasteiger partial charge on any atom is 0.336 e. The monoisotopic (exact) mass is 433 g/mol. The van der Waals surface area contributed by atoms with Gasteiger partial charge in [-0.15, -0.1) is 11.3 Å². The fourth-order valence-electron chi connectivity index (χ4n) is 3.40. The van der Waals surface area contributed by atoms with Gasteiger partial charge in [0.15, 0.2) is 0 Å². The summed E-state index contributed by atoms with van der Waals surface area (Å²) in [5, 5.41) is 2.90. The van der Waals surface area contributed by atoms with Crippen molar-refractivity contribution in [3.8, 4) is 5.75 Å². The number of benzene rings is 2. The lowest BCUT2D eigenvalue weighted by Gasteiger charge is -2.24. The van der Waals surface area contributed by atoms with Gasteiger partial charge in [0.05, 0.1) is 6.04 Å². The Morgan fingerprint density at radius 1 is 1.13 bits per heavy atom. The van der Waals surface area contributed by atoms with Crippen molar-refractivity contribution in [1.29, 1.82) is 0 Å². The van der Waals surface area contributed by atoms with Crippen molar-refractivity contribution >= 4 is 28.2 Å². The van der Waals surface area contributed by atoms with E-state index in [2.05, 4.69) is 0 Å². The van der Waals surface area contributed by atoms with Crippen LogP contribution >= 0.6 is 11.3 Å². The molecule has 1 unspecified atom stereocenters. The highest BCUT2D eigenvalue weighted by Crippen LogP contribution is 2.25. The lowest BCUT2D eigenvalue weighted by atomic mass is 10.1. The van der Waals surface area contributed by atoms with Gasteiger partial charge in [-0.25, -0.2) is 4.79 Å². The second-order valence-electron chi connectivity index (χ2n) is 7.50. The molecule has 0 aliphatic heterocycles. The average molecular weight is 434 g/mol. The molecule has 2 aromatic carbocycles. The number of fused-ring (bicyclic) bond motifs is 1. The molecule has 2 heterocycles. The van der Waals surface area contributed by atoms with E-state index in [1.165, 1.54) is 6.07 Å². The minimum Gasteiger partial charge on any atom is -0.489 e. The highest BCUT2D eigenvalue weighted by Gasteiger charge is 2.19. The summed E-state index contributed by atoms with van der Waals surface area (Å²) >= 11 is 1.65. The van der Waals surface area contributed by atoms with E-state index in [0.29, 0.717) is 23.5 Å². The standard InChI is InChI=1S/C25H23NO4S/c1-16-13-24(27)30-22-14-20(10-11-21(16)22)29-15-18-6-8-19(9-7-18)25(28)26(3)17(2)23-5-4-12-31-23/h4-14,17H,15H2,1-3H3. The molecule has 0 aliphatic rings. The molecule has 2 aromatic heterocycles. The Morgan fingerprint density at radius 2 is 1.90 bits per heavy atom. The third-order valence-corrected chi connectivity index (χ3v) is 6.43. The van der Waals surface area contributed by atoms with Gasteiger partial charge in [-0.2, -0.15) is 0 Å². The summed E-state index contributed by atoms with van der Waals surface area (Å²) in [6.45, 7) is 4.25. The van der Waals surface area contributed by atoms with E-state index >= 15 is 0 Å². The second-order valence-corrected chi connectivity index (χ2v) is 8.48. The first-order valence-electron chi connectivity index (χ1n) is 9.99. The number of hydrogen-bond acceptors (Lipinski definition) is 5. The molecule has 0 radical (unpaired) electrons. The van der Waals surface area contributed by atoms with Crippen LogP contribution in [0.3, 0.4) is 0 Å². The number of aryl methyl sites for hydroxylation is 1. The molecule has 0 aliphatic carbocycles. The molecule has 31 heavy (non-hydrogen) atoms. The normalized spacial score (nSPS) is 12.0. The van der Waals surface area contributed by atoms with Crippen LogP contribution in [-0.4, -0.2) is 17.9 Å². The summed E-state index contributed by atoms with van der Waals surface area (Å²) in [6.07, 6.45) is 0. The number of rotatable bonds is 6. The highest BCUT2D eigenvalue weighted by molar-refractivity contribution is 7.10. The van der Waals surface area contributed by atoms with E-state index in [0.717, 1.165) is 21.4 Å². The zero-order valence-corrected chi connectivity index (χ0v) is 18.4. The molecule has 0 spiro atoms. The third-order valence-electron chi connectivity index (χ3n) is 5.39. The molecule has 0 bridgehead atoms. The van der Waals surface area contributed by atoms with Crippen LogP contribution < -0.4 is 10.4 Å². The maximum atomic E-state index is 12.8. The molecule has 158 valence electrons. The van der Waals surface area contributed by atoms with Crippen molar-refractivity contribution in [2.45, 2.75) is 26.5 Å². The number of hydrogen-bond donors (Lipinski definition) is 0. The molecule has 5 nitrogen and oxygen atoms in total. The van der Waals surface area contributed by atoms with Crippen LogP contribution in [0, 0.1) is 6.92 Å². The largest absolute Gasteiger partial charge is 0.489 e. The Balaban J connectivity index is 1.42. The summed E-state index contributed by atoms with van der Waals surface area (Å²) < 4.78 is 11.1. The van der Waals surface area contributed by atoms with E-state index in [1.807, 2.05) is 74.8 Å². The SMILES string of the molecule is Cc1cc(=O)oc2cc(OCc3ccc(C(=O)N(C)C(C)c4cccs4)cc3)ccc12. The van der Waals surface area contributed by atoms with E-state index in [9.17, 15) is 9.59 Å². The Kier molecular flexibility index (Phi) is 5.91. The smallest absolute Gasteiger partial charge is 0.336 e. The van der Waals surface area contributed by atoms with Gasteiger partial charge in [0.2, 0.25) is 0 Å². The molecule has 0 fully saturated rings. The molecule has 0 N–H and O–H groups in total. The van der Waals surface area contributed by atoms with Crippen molar-refractivity contribution in [2.24, 2.45) is 0 Å². The topological polar surface area (TPSA) is 59.8 Å². The average Bonchev–Trinajstić information content (AvgIpc) is 3.31. The fraction of sp³-hybridized carbons (Fsp3) is 0.200. The van der Waals surface area contributed by atoms with Crippen LogP contribution in [0.2, 0.25) is 0 Å². The predicted molar refractivity (Wildman–Crippen MR) is 123 cm³/mol. The molecular weight excluding hydrogens is 410 g/mol. The molecular formula is C25H23NO4S. The summed E-state index contributed by atoms with van der Waals surface area (Å²) in [5.74, 6) is 0.596. The molecule has 0 saturated heterocycles. The van der Waals surface area contributed by atoms with Gasteiger partial charge in [0, 0.05) is 35.0 Å². The Morgan fingerprint density at radius 3 is 2.61 bits per heavy atom. The van der Waals surface area contributed by atoms with Crippen molar-refractivity contribution in [3.63, 3.8) is 0 Å². The molecule has 1 atom stereocenters. The number of carbonyl (C=O) groups excluding carboxylic acids is 1. The number of nitrogens with zero attached hydrogens (tertiary/aromatic N) is 1. The maximum absolute atomic E-state index is 12.8. The molecule has 0 saturated carbocycles. The van der Waals surface area contributed by atoms with Crippen molar-refractivity contribution < 1.29 is 13.9 Å². The van der Waals surface area contributed by atoms with E-state index in [1.54, 1.807) is 22.3 Å². The Hall–Kier alpha value is -3.38. The first kappa shape index (κ1) is 20.9. The summed E-state index contributed by atoms with van der Waals surface area (Å²) in [7, 11) is 1.82. The van der Waals surface area contributed by atoms with Gasteiger partial charge >= 0.3 is 5.63 Å². The van der Waals surface area contributed by atoms with Gasteiger partial charge in [-0.05, 0) is 60.7 Å². The van der Waals surface area contributed by atoms with Gasteiger partial charge in [0.1, 0.15) is 17.9 Å². The summed E-state index contributed by atoms with van der Waals surface area (Å²) in [6, 6.07) is 18.4. The molecule has 1 amide bonds. The highest BCUT2D eigenvalue weighted by atomic mass is 32.1. The second kappa shape index (κ2) is 8.78. The lowest BCUT2D eigenvalue weighted by Crippen LogP contribution is -2.29. The van der Waals surface area contributed by atoms with Gasteiger partial charge in [-0.1, -0.05) is 18.2 Å². The lowest BCUT2D eigenvalue weighted by molar-refractivity contribution is 0.0745. The fourth-order valence-corrected chi connectivity index (χ4v) is 4.23. The summed E-state index contributed by atoms with van der Waals surface area (Å²) in [5.41, 5.74) is 2.58. The van der Waals surface area contributed by atoms with Gasteiger partial charge < -0.3 is 14.1 Å². The van der Waals surface area contributed by atoms with Gasteiger partial charge in [0.25, 0.3) is 5.91 Å². The molecule has 4 rings (SSSR count). The summed E-state index contributed by atoms with van der Waals surface area (Å²) in [4.78, 5) is 27.3. The zero-order valence-electron chi connectivity index (χ0n) is 17.6.